The van der Waals surface area contributed by atoms with Crippen LogP contribution in [-0.4, -0.2) is 86.7 Å². The van der Waals surface area contributed by atoms with Crippen molar-refractivity contribution in [3.05, 3.63) is 41.1 Å². The Morgan fingerprint density at radius 3 is 2.24 bits per heavy atom. The van der Waals surface area contributed by atoms with Gasteiger partial charge in [-0.25, -0.2) is 9.59 Å². The Bertz CT molecular complexity index is 1160. The van der Waals surface area contributed by atoms with Crippen molar-refractivity contribution in [1.82, 2.24) is 10.2 Å². The summed E-state index contributed by atoms with van der Waals surface area (Å²) in [6.45, 7) is 0.926. The summed E-state index contributed by atoms with van der Waals surface area (Å²) >= 11 is 1.16. The Kier molecular flexibility index (Phi) is 9.36. The van der Waals surface area contributed by atoms with Gasteiger partial charge >= 0.3 is 24.1 Å². The molecule has 3 rings (SSSR count). The maximum absolute atomic E-state index is 13.0. The molecule has 0 saturated carbocycles. The van der Waals surface area contributed by atoms with Gasteiger partial charge in [0.25, 0.3) is 11.6 Å². The van der Waals surface area contributed by atoms with E-state index in [2.05, 4.69) is 5.32 Å². The molecule has 17 heteroatoms. The van der Waals surface area contributed by atoms with Crippen LogP contribution in [0, 0.1) is 0 Å². The zero-order valence-electron chi connectivity index (χ0n) is 19.6. The molecule has 38 heavy (non-hydrogen) atoms. The number of methoxy groups -OCH3 is 1. The molecular formula is C21H22F3N3O10S. The number of aromatic hydroxyl groups is 1. The highest BCUT2D eigenvalue weighted by Crippen LogP contribution is 2.46. The van der Waals surface area contributed by atoms with E-state index in [4.69, 9.17) is 25.1 Å². The van der Waals surface area contributed by atoms with E-state index >= 15 is 0 Å². The van der Waals surface area contributed by atoms with Gasteiger partial charge in [0.05, 0.1) is 0 Å². The third-order valence-corrected chi connectivity index (χ3v) is 6.54. The number of esters is 1. The van der Waals surface area contributed by atoms with E-state index in [9.17, 15) is 42.6 Å². The second kappa shape index (κ2) is 11.7. The Morgan fingerprint density at radius 2 is 1.79 bits per heavy atom. The molecule has 2 heterocycles. The first-order valence-corrected chi connectivity index (χ1v) is 11.4. The summed E-state index contributed by atoms with van der Waals surface area (Å²) in [6, 6.07) is 4.52. The average molecular weight is 565 g/mol. The standard InChI is InChI=1S/C19H21N3O8S.C2HF3O2/c1-9(23)30-7-11-8-31-18-19(29-2,17(28)22(18)14(11)16(26)27)21-15(25)13(20)10-3-5-12(24)6-4-10;3-2(4,5)1(6)7/h3-6,13,18,24H,7-8,20H2,1-2H3,(H,21,25)(H,26,27);(H,6,7)/t13?,18-,19+;/m1./s1. The first-order chi connectivity index (χ1) is 17.6. The van der Waals surface area contributed by atoms with Gasteiger partial charge in [-0.3, -0.25) is 19.3 Å². The number of fused-ring (bicyclic) bond motifs is 1. The number of hydrogen-bond donors (Lipinski definition) is 5. The predicted octanol–water partition coefficient (Wildman–Crippen LogP) is 0.301. The zero-order valence-corrected chi connectivity index (χ0v) is 20.5. The highest BCUT2D eigenvalue weighted by Gasteiger charge is 2.66. The average Bonchev–Trinajstić information content (AvgIpc) is 2.84. The summed E-state index contributed by atoms with van der Waals surface area (Å²) in [6.07, 6.45) is -5.08. The number of carboxylic acids is 2. The number of nitrogens with two attached hydrogens (primary N) is 1. The molecular weight excluding hydrogens is 543 g/mol. The molecule has 0 spiro atoms. The van der Waals surface area contributed by atoms with Crippen LogP contribution in [0.2, 0.25) is 0 Å². The van der Waals surface area contributed by atoms with E-state index in [1.807, 2.05) is 0 Å². The number of phenols is 1. The fourth-order valence-electron chi connectivity index (χ4n) is 3.34. The lowest BCUT2D eigenvalue weighted by molar-refractivity contribution is -0.193. The first kappa shape index (κ1) is 30.4. The Hall–Kier alpha value is -3.83. The minimum atomic E-state index is -5.08. The maximum atomic E-state index is 13.0. The molecule has 2 amide bonds. The number of alkyl halides is 3. The van der Waals surface area contributed by atoms with Gasteiger partial charge in [0, 0.05) is 25.4 Å². The molecule has 208 valence electrons. The topological polar surface area (TPSA) is 206 Å². The maximum Gasteiger partial charge on any atom is 0.490 e. The number of halogens is 3. The Labute approximate surface area is 216 Å². The smallest absolute Gasteiger partial charge is 0.490 e. The van der Waals surface area contributed by atoms with Crippen molar-refractivity contribution in [2.24, 2.45) is 5.73 Å². The van der Waals surface area contributed by atoms with Crippen LogP contribution in [0.1, 0.15) is 18.5 Å². The normalized spacial score (nSPS) is 21.3. The number of ether oxygens (including phenoxy) is 2. The quantitative estimate of drug-likeness (QED) is 0.172. The van der Waals surface area contributed by atoms with Crippen molar-refractivity contribution in [2.45, 2.75) is 30.2 Å². The molecule has 1 aromatic carbocycles. The van der Waals surface area contributed by atoms with E-state index in [0.717, 1.165) is 16.7 Å². The van der Waals surface area contributed by atoms with E-state index in [1.54, 1.807) is 0 Å². The van der Waals surface area contributed by atoms with E-state index in [0.29, 0.717) is 5.56 Å². The molecule has 0 radical (unpaired) electrons. The minimum absolute atomic E-state index is 0.00526. The van der Waals surface area contributed by atoms with E-state index in [1.165, 1.54) is 38.3 Å². The SMILES string of the molecule is CO[C@@]1(NC(=O)C(N)c2ccc(O)cc2)C(=O)N2C(C(=O)O)=C(COC(C)=O)CS[C@@H]21.O=C(O)C(F)(F)F. The largest absolute Gasteiger partial charge is 0.508 e. The van der Waals surface area contributed by atoms with Crippen molar-refractivity contribution in [2.75, 3.05) is 19.5 Å². The van der Waals surface area contributed by atoms with Gasteiger partial charge in [-0.15, -0.1) is 11.8 Å². The number of hydrogen-bond acceptors (Lipinski definition) is 10. The number of β-lactam (4-membered cyclic amide) rings is 1. The summed E-state index contributed by atoms with van der Waals surface area (Å²) in [5.74, 6) is -6.05. The number of carboxylic acid groups (broad SMARTS) is 2. The number of carbonyl (C=O) groups is 5. The molecule has 0 bridgehead atoms. The minimum Gasteiger partial charge on any atom is -0.508 e. The van der Waals surface area contributed by atoms with E-state index < -0.39 is 53.0 Å². The van der Waals surface area contributed by atoms with Crippen LogP contribution < -0.4 is 11.1 Å². The van der Waals surface area contributed by atoms with Gasteiger partial charge in [-0.2, -0.15) is 13.2 Å². The van der Waals surface area contributed by atoms with Crippen LogP contribution in [0.5, 0.6) is 5.75 Å². The molecule has 1 aromatic rings. The Balaban J connectivity index is 0.000000638. The number of nitrogens with zero attached hydrogens (tertiary/aromatic N) is 1. The molecule has 0 aliphatic carbocycles. The summed E-state index contributed by atoms with van der Waals surface area (Å²) in [5, 5.41) is 27.8. The lowest BCUT2D eigenvalue weighted by Gasteiger charge is -2.55. The lowest BCUT2D eigenvalue weighted by atomic mass is 9.97. The van der Waals surface area contributed by atoms with Gasteiger partial charge < -0.3 is 35.8 Å². The van der Waals surface area contributed by atoms with Crippen molar-refractivity contribution in [3.8, 4) is 5.75 Å². The van der Waals surface area contributed by atoms with Gasteiger partial charge in [-0.05, 0) is 17.7 Å². The van der Waals surface area contributed by atoms with Crippen molar-refractivity contribution >= 4 is 41.5 Å². The molecule has 0 aromatic heterocycles. The van der Waals surface area contributed by atoms with Crippen LogP contribution in [-0.2, 0) is 33.4 Å². The van der Waals surface area contributed by atoms with Crippen molar-refractivity contribution < 1.29 is 61.9 Å². The Morgan fingerprint density at radius 1 is 1.24 bits per heavy atom. The molecule has 2 aliphatic heterocycles. The number of benzene rings is 1. The number of amides is 2. The molecule has 6 N–H and O–H groups in total. The van der Waals surface area contributed by atoms with Crippen LogP contribution in [0.3, 0.4) is 0 Å². The van der Waals surface area contributed by atoms with Crippen LogP contribution in [0.25, 0.3) is 0 Å². The van der Waals surface area contributed by atoms with Gasteiger partial charge in [0.2, 0.25) is 5.91 Å². The molecule has 2 aliphatic rings. The third kappa shape index (κ3) is 6.35. The summed E-state index contributed by atoms with van der Waals surface area (Å²) in [7, 11) is 1.22. The number of rotatable bonds is 7. The van der Waals surface area contributed by atoms with Gasteiger partial charge in [0.15, 0.2) is 0 Å². The highest BCUT2D eigenvalue weighted by molar-refractivity contribution is 8.00. The molecule has 3 atom stereocenters. The van der Waals surface area contributed by atoms with Crippen molar-refractivity contribution in [3.63, 3.8) is 0 Å². The second-order valence-corrected chi connectivity index (χ2v) is 8.75. The number of carbonyl (C=O) groups excluding carboxylic acids is 3. The van der Waals surface area contributed by atoms with Crippen molar-refractivity contribution in [1.29, 1.82) is 0 Å². The second-order valence-electron chi connectivity index (χ2n) is 7.68. The van der Waals surface area contributed by atoms with Crippen LogP contribution in [0.15, 0.2) is 35.5 Å². The van der Waals surface area contributed by atoms with Crippen LogP contribution >= 0.6 is 11.8 Å². The molecule has 1 unspecified atom stereocenters. The number of phenolic OH excluding ortho intramolecular Hbond substituents is 1. The summed E-state index contributed by atoms with van der Waals surface area (Å²) < 4.78 is 42.0. The number of thioether (sulfide) groups is 1. The predicted molar refractivity (Wildman–Crippen MR) is 121 cm³/mol. The lowest BCUT2D eigenvalue weighted by Crippen LogP contribution is -2.81. The van der Waals surface area contributed by atoms with Crippen LogP contribution in [0.4, 0.5) is 13.2 Å². The highest BCUT2D eigenvalue weighted by atomic mass is 32.2. The number of aliphatic carboxylic acids is 2. The van der Waals surface area contributed by atoms with Gasteiger partial charge in [0.1, 0.15) is 29.5 Å². The first-order valence-electron chi connectivity index (χ1n) is 10.3. The summed E-state index contributed by atoms with van der Waals surface area (Å²) in [5.41, 5.74) is 4.53. The number of nitrogens with one attached hydrogen (secondary N) is 1. The molecule has 1 fully saturated rings. The third-order valence-electron chi connectivity index (χ3n) is 5.17. The zero-order chi connectivity index (χ0) is 29.0. The molecule has 1 saturated heterocycles. The fourth-order valence-corrected chi connectivity index (χ4v) is 4.76. The summed E-state index contributed by atoms with van der Waals surface area (Å²) in [4.78, 5) is 58.5. The monoisotopic (exact) mass is 565 g/mol. The van der Waals surface area contributed by atoms with Gasteiger partial charge in [-0.1, -0.05) is 12.1 Å². The molecule has 13 nitrogen and oxygen atoms in total. The van der Waals surface area contributed by atoms with E-state index in [-0.39, 0.29) is 29.4 Å². The fraction of sp³-hybridized carbons (Fsp3) is 0.381.